The van der Waals surface area contributed by atoms with Crippen molar-refractivity contribution < 1.29 is 19.0 Å². The highest BCUT2D eigenvalue weighted by atomic mass is 35.5. The van der Waals surface area contributed by atoms with Crippen LogP contribution in [0, 0.1) is 0 Å². The first kappa shape index (κ1) is 19.1. The normalized spacial score (nSPS) is 11.1. The number of ether oxygens (including phenoxy) is 3. The smallest absolute Gasteiger partial charge is 0.179 e. The highest BCUT2D eigenvalue weighted by molar-refractivity contribution is 6.32. The van der Waals surface area contributed by atoms with Crippen LogP contribution in [-0.4, -0.2) is 26.6 Å². The molecule has 0 heterocycles. The lowest BCUT2D eigenvalue weighted by Gasteiger charge is -2.19. The topological polar surface area (TPSA) is 44.8 Å². The van der Waals surface area contributed by atoms with E-state index in [0.717, 1.165) is 5.75 Å². The Morgan fingerprint density at radius 2 is 1.68 bits per heavy atom. The SMILES string of the molecule is COc1cc(C=O)cc(Cl)c1OCCOc1ccc(C(C)(C)C)cc1. The second-order valence-corrected chi connectivity index (χ2v) is 7.03. The Bertz CT molecular complexity index is 718. The molecule has 2 aromatic carbocycles. The van der Waals surface area contributed by atoms with Gasteiger partial charge in [0.15, 0.2) is 11.5 Å². The van der Waals surface area contributed by atoms with Crippen molar-refractivity contribution in [2.24, 2.45) is 0 Å². The summed E-state index contributed by atoms with van der Waals surface area (Å²) in [6.45, 7) is 7.18. The molecule has 0 unspecified atom stereocenters. The van der Waals surface area contributed by atoms with Crippen LogP contribution in [0.4, 0.5) is 0 Å². The molecule has 0 saturated carbocycles. The molecule has 0 spiro atoms. The van der Waals surface area contributed by atoms with Gasteiger partial charge in [0.2, 0.25) is 0 Å². The summed E-state index contributed by atoms with van der Waals surface area (Å²) in [5, 5.41) is 0.330. The van der Waals surface area contributed by atoms with E-state index in [1.165, 1.54) is 12.7 Å². The molecule has 2 rings (SSSR count). The highest BCUT2D eigenvalue weighted by Gasteiger charge is 2.14. The lowest BCUT2D eigenvalue weighted by Crippen LogP contribution is -2.12. The minimum Gasteiger partial charge on any atom is -0.493 e. The zero-order valence-electron chi connectivity index (χ0n) is 15.0. The van der Waals surface area contributed by atoms with Crippen molar-refractivity contribution in [2.45, 2.75) is 26.2 Å². The van der Waals surface area contributed by atoms with Crippen LogP contribution in [0.25, 0.3) is 0 Å². The summed E-state index contributed by atoms with van der Waals surface area (Å²) in [6, 6.07) is 11.2. The predicted octanol–water partition coefficient (Wildman–Crippen LogP) is 4.92. The number of aldehydes is 1. The Morgan fingerprint density at radius 3 is 2.24 bits per heavy atom. The molecule has 0 radical (unpaired) electrons. The number of carbonyl (C=O) groups is 1. The molecule has 0 bridgehead atoms. The fourth-order valence-electron chi connectivity index (χ4n) is 2.30. The van der Waals surface area contributed by atoms with E-state index >= 15 is 0 Å². The van der Waals surface area contributed by atoms with Gasteiger partial charge >= 0.3 is 0 Å². The van der Waals surface area contributed by atoms with Crippen LogP contribution in [0.1, 0.15) is 36.7 Å². The molecule has 2 aromatic rings. The van der Waals surface area contributed by atoms with Crippen molar-refractivity contribution in [3.63, 3.8) is 0 Å². The Hall–Kier alpha value is -2.20. The maximum atomic E-state index is 10.9. The number of benzene rings is 2. The minimum absolute atomic E-state index is 0.114. The number of rotatable bonds is 7. The fourth-order valence-corrected chi connectivity index (χ4v) is 2.58. The lowest BCUT2D eigenvalue weighted by molar-refractivity contribution is 0.112. The maximum absolute atomic E-state index is 10.9. The Balaban J connectivity index is 1.92. The summed E-state index contributed by atoms with van der Waals surface area (Å²) in [5.74, 6) is 1.61. The molecule has 0 amide bonds. The monoisotopic (exact) mass is 362 g/mol. The van der Waals surface area contributed by atoms with Crippen molar-refractivity contribution in [3.05, 3.63) is 52.5 Å². The van der Waals surface area contributed by atoms with Gasteiger partial charge in [0.05, 0.1) is 12.1 Å². The molecule has 0 N–H and O–H groups in total. The van der Waals surface area contributed by atoms with Gasteiger partial charge in [-0.1, -0.05) is 44.5 Å². The van der Waals surface area contributed by atoms with Crippen LogP contribution in [0.5, 0.6) is 17.2 Å². The number of hydrogen-bond acceptors (Lipinski definition) is 4. The van der Waals surface area contributed by atoms with Gasteiger partial charge < -0.3 is 14.2 Å². The number of hydrogen-bond donors (Lipinski definition) is 0. The quantitative estimate of drug-likeness (QED) is 0.518. The molecular weight excluding hydrogens is 340 g/mol. The average molecular weight is 363 g/mol. The van der Waals surface area contributed by atoms with Crippen molar-refractivity contribution >= 4 is 17.9 Å². The molecule has 4 nitrogen and oxygen atoms in total. The lowest BCUT2D eigenvalue weighted by atomic mass is 9.87. The van der Waals surface area contributed by atoms with Gasteiger partial charge in [-0.05, 0) is 35.2 Å². The third-order valence-electron chi connectivity index (χ3n) is 3.71. The number of carbonyl (C=O) groups excluding carboxylic acids is 1. The van der Waals surface area contributed by atoms with Crippen LogP contribution in [-0.2, 0) is 5.41 Å². The average Bonchev–Trinajstić information content (AvgIpc) is 2.58. The molecule has 5 heteroatoms. The molecule has 0 atom stereocenters. The summed E-state index contributed by atoms with van der Waals surface area (Å²) >= 11 is 6.14. The summed E-state index contributed by atoms with van der Waals surface area (Å²) in [7, 11) is 1.50. The van der Waals surface area contributed by atoms with Crippen molar-refractivity contribution in [1.82, 2.24) is 0 Å². The largest absolute Gasteiger partial charge is 0.493 e. The highest BCUT2D eigenvalue weighted by Crippen LogP contribution is 2.36. The van der Waals surface area contributed by atoms with Crippen LogP contribution in [0.15, 0.2) is 36.4 Å². The molecular formula is C20H23ClO4. The second-order valence-electron chi connectivity index (χ2n) is 6.62. The molecule has 0 fully saturated rings. The first-order chi connectivity index (χ1) is 11.8. The van der Waals surface area contributed by atoms with Gasteiger partial charge in [-0.3, -0.25) is 4.79 Å². The molecule has 0 aliphatic heterocycles. The van der Waals surface area contributed by atoms with Crippen LogP contribution in [0.3, 0.4) is 0 Å². The molecule has 25 heavy (non-hydrogen) atoms. The van der Waals surface area contributed by atoms with Gasteiger partial charge in [0.1, 0.15) is 25.2 Å². The van der Waals surface area contributed by atoms with Crippen molar-refractivity contribution in [2.75, 3.05) is 20.3 Å². The van der Waals surface area contributed by atoms with Crippen LogP contribution < -0.4 is 14.2 Å². The predicted molar refractivity (Wildman–Crippen MR) is 99.5 cm³/mol. The van der Waals surface area contributed by atoms with E-state index in [1.807, 2.05) is 12.1 Å². The summed E-state index contributed by atoms with van der Waals surface area (Å²) in [5.41, 5.74) is 1.80. The van der Waals surface area contributed by atoms with Gasteiger partial charge in [-0.25, -0.2) is 0 Å². The first-order valence-electron chi connectivity index (χ1n) is 8.04. The fraction of sp³-hybridized carbons (Fsp3) is 0.350. The third kappa shape index (κ3) is 5.13. The van der Waals surface area contributed by atoms with E-state index in [-0.39, 0.29) is 5.41 Å². The molecule has 134 valence electrons. The Morgan fingerprint density at radius 1 is 1.04 bits per heavy atom. The summed E-state index contributed by atoms with van der Waals surface area (Å²) in [6.07, 6.45) is 0.711. The van der Waals surface area contributed by atoms with Gasteiger partial charge in [-0.2, -0.15) is 0 Å². The van der Waals surface area contributed by atoms with Crippen LogP contribution in [0.2, 0.25) is 5.02 Å². The van der Waals surface area contributed by atoms with Gasteiger partial charge in [0.25, 0.3) is 0 Å². The van der Waals surface area contributed by atoms with E-state index in [4.69, 9.17) is 25.8 Å². The summed E-state index contributed by atoms with van der Waals surface area (Å²) < 4.78 is 16.6. The minimum atomic E-state index is 0.114. The number of halogens is 1. The zero-order chi connectivity index (χ0) is 18.4. The van der Waals surface area contributed by atoms with Crippen molar-refractivity contribution in [3.8, 4) is 17.2 Å². The third-order valence-corrected chi connectivity index (χ3v) is 3.99. The second kappa shape index (κ2) is 8.26. The zero-order valence-corrected chi connectivity index (χ0v) is 15.7. The molecule has 0 saturated heterocycles. The summed E-state index contributed by atoms with van der Waals surface area (Å²) in [4.78, 5) is 10.9. The molecule has 0 aliphatic rings. The van der Waals surface area contributed by atoms with E-state index in [2.05, 4.69) is 32.9 Å². The number of methoxy groups -OCH3 is 1. The Labute approximate surface area is 153 Å². The van der Waals surface area contributed by atoms with Gasteiger partial charge in [-0.15, -0.1) is 0 Å². The van der Waals surface area contributed by atoms with Crippen molar-refractivity contribution in [1.29, 1.82) is 0 Å². The molecule has 0 aliphatic carbocycles. The van der Waals surface area contributed by atoms with E-state index < -0.39 is 0 Å². The first-order valence-corrected chi connectivity index (χ1v) is 8.42. The van der Waals surface area contributed by atoms with Crippen LogP contribution >= 0.6 is 11.6 Å². The standard InChI is InChI=1S/C20H23ClO4/c1-20(2,3)15-5-7-16(8-6-15)24-9-10-25-19-17(21)11-14(13-22)12-18(19)23-4/h5-8,11-13H,9-10H2,1-4H3. The van der Waals surface area contributed by atoms with E-state index in [9.17, 15) is 4.79 Å². The maximum Gasteiger partial charge on any atom is 0.179 e. The Kier molecular flexibility index (Phi) is 6.32. The van der Waals surface area contributed by atoms with Gasteiger partial charge in [0, 0.05) is 5.56 Å². The van der Waals surface area contributed by atoms with E-state index in [1.54, 1.807) is 12.1 Å². The van der Waals surface area contributed by atoms with E-state index in [0.29, 0.717) is 41.6 Å². The molecule has 0 aromatic heterocycles.